The van der Waals surface area contributed by atoms with Gasteiger partial charge in [0.2, 0.25) is 0 Å². The first-order valence-corrected chi connectivity index (χ1v) is 7.08. The fourth-order valence-corrected chi connectivity index (χ4v) is 3.17. The summed E-state index contributed by atoms with van der Waals surface area (Å²) in [6.07, 6.45) is 4.11. The van der Waals surface area contributed by atoms with E-state index in [0.717, 1.165) is 36.8 Å². The van der Waals surface area contributed by atoms with Gasteiger partial charge in [-0.3, -0.25) is 0 Å². The molecule has 3 rings (SSSR count). The number of hydrogen-bond donors (Lipinski definition) is 1. The Bertz CT molecular complexity index is 588. The van der Waals surface area contributed by atoms with Crippen molar-refractivity contribution in [2.75, 3.05) is 0 Å². The highest BCUT2D eigenvalue weighted by Gasteiger charge is 2.34. The molecule has 1 nitrogen and oxygen atoms in total. The molecule has 98 valence electrons. The van der Waals surface area contributed by atoms with Crippen molar-refractivity contribution in [1.29, 1.82) is 0 Å². The van der Waals surface area contributed by atoms with Gasteiger partial charge in [0.05, 0.1) is 0 Å². The second-order valence-electron chi connectivity index (χ2n) is 5.59. The Hall–Kier alpha value is -1.60. The maximum Gasteiger partial charge on any atom is 0.115 e. The van der Waals surface area contributed by atoms with Crippen LogP contribution < -0.4 is 0 Å². The minimum absolute atomic E-state index is 0.813. The fraction of sp³-hybridized carbons (Fsp3) is 0.333. The Balaban J connectivity index is 2.17. The van der Waals surface area contributed by atoms with E-state index in [0.29, 0.717) is 0 Å². The lowest BCUT2D eigenvalue weighted by Crippen LogP contribution is -2.27. The number of fused-ring (bicyclic) bond motifs is 1. The van der Waals surface area contributed by atoms with Crippen LogP contribution in [0.4, 0.5) is 0 Å². The molecule has 0 fully saturated rings. The third-order valence-electron chi connectivity index (χ3n) is 4.19. The molecule has 1 aliphatic carbocycles. The maximum absolute atomic E-state index is 11.3. The largest absolute Gasteiger partial charge is 0.380 e. The molecule has 19 heavy (non-hydrogen) atoms. The van der Waals surface area contributed by atoms with Gasteiger partial charge in [-0.1, -0.05) is 54.1 Å². The molecule has 0 spiro atoms. The minimum Gasteiger partial charge on any atom is -0.380 e. The van der Waals surface area contributed by atoms with Crippen molar-refractivity contribution in [2.24, 2.45) is 0 Å². The smallest absolute Gasteiger partial charge is 0.115 e. The van der Waals surface area contributed by atoms with Crippen LogP contribution in [0.3, 0.4) is 0 Å². The van der Waals surface area contributed by atoms with Gasteiger partial charge in [-0.2, -0.15) is 0 Å². The normalized spacial score (nSPS) is 22.6. The first-order chi connectivity index (χ1) is 9.20. The molecular formula is C18H20O. The van der Waals surface area contributed by atoms with Crippen molar-refractivity contribution >= 4 is 0 Å². The van der Waals surface area contributed by atoms with Gasteiger partial charge in [-0.25, -0.2) is 0 Å². The Morgan fingerprint density at radius 1 is 1.00 bits per heavy atom. The fourth-order valence-electron chi connectivity index (χ4n) is 3.17. The number of hydrogen-bond acceptors (Lipinski definition) is 1. The molecule has 0 bridgehead atoms. The number of aryl methyl sites for hydroxylation is 2. The van der Waals surface area contributed by atoms with E-state index in [1.165, 1.54) is 11.1 Å². The summed E-state index contributed by atoms with van der Waals surface area (Å²) in [5.74, 6) is 0. The zero-order valence-electron chi connectivity index (χ0n) is 11.4. The van der Waals surface area contributed by atoms with Gasteiger partial charge in [0.1, 0.15) is 5.60 Å². The average molecular weight is 252 g/mol. The van der Waals surface area contributed by atoms with E-state index in [2.05, 4.69) is 43.3 Å². The molecule has 0 radical (unpaired) electrons. The van der Waals surface area contributed by atoms with Gasteiger partial charge >= 0.3 is 0 Å². The van der Waals surface area contributed by atoms with Crippen molar-refractivity contribution in [1.82, 2.24) is 0 Å². The van der Waals surface area contributed by atoms with E-state index in [1.54, 1.807) is 0 Å². The van der Waals surface area contributed by atoms with Crippen LogP contribution in [0.25, 0.3) is 0 Å². The van der Waals surface area contributed by atoms with E-state index in [1.807, 2.05) is 12.1 Å². The van der Waals surface area contributed by atoms with Crippen LogP contribution in [-0.4, -0.2) is 5.11 Å². The van der Waals surface area contributed by atoms with Crippen LogP contribution in [-0.2, 0) is 12.0 Å². The van der Waals surface area contributed by atoms with Crippen molar-refractivity contribution in [2.45, 2.75) is 38.2 Å². The summed E-state index contributed by atoms with van der Waals surface area (Å²) in [4.78, 5) is 0. The first kappa shape index (κ1) is 12.4. The summed E-state index contributed by atoms with van der Waals surface area (Å²) < 4.78 is 0. The number of rotatable bonds is 1. The van der Waals surface area contributed by atoms with Crippen LogP contribution in [0.5, 0.6) is 0 Å². The van der Waals surface area contributed by atoms with Gasteiger partial charge < -0.3 is 5.11 Å². The van der Waals surface area contributed by atoms with Gasteiger partial charge in [-0.05, 0) is 49.3 Å². The summed E-state index contributed by atoms with van der Waals surface area (Å²) in [6.45, 7) is 2.08. The van der Waals surface area contributed by atoms with Crippen molar-refractivity contribution < 1.29 is 5.11 Å². The molecule has 2 aromatic carbocycles. The predicted octanol–water partition coefficient (Wildman–Crippen LogP) is 3.96. The lowest BCUT2D eigenvalue weighted by atomic mass is 9.81. The van der Waals surface area contributed by atoms with E-state index in [-0.39, 0.29) is 0 Å². The lowest BCUT2D eigenvalue weighted by Gasteiger charge is -2.30. The molecule has 1 heteroatoms. The summed E-state index contributed by atoms with van der Waals surface area (Å²) in [6, 6.07) is 16.6. The SMILES string of the molecule is Cc1cccc(C2(O)CCCCc3ccccc32)c1. The summed E-state index contributed by atoms with van der Waals surface area (Å²) in [5.41, 5.74) is 3.80. The minimum atomic E-state index is -0.820. The van der Waals surface area contributed by atoms with Crippen LogP contribution >= 0.6 is 0 Å². The average Bonchev–Trinajstić information content (AvgIpc) is 2.60. The zero-order chi connectivity index (χ0) is 13.3. The van der Waals surface area contributed by atoms with Crippen LogP contribution in [0.2, 0.25) is 0 Å². The number of benzene rings is 2. The predicted molar refractivity (Wildman–Crippen MR) is 78.2 cm³/mol. The van der Waals surface area contributed by atoms with Gasteiger partial charge in [0.15, 0.2) is 0 Å². The highest BCUT2D eigenvalue weighted by Crippen LogP contribution is 2.39. The van der Waals surface area contributed by atoms with Gasteiger partial charge in [-0.15, -0.1) is 0 Å². The first-order valence-electron chi connectivity index (χ1n) is 7.08. The molecule has 0 saturated carbocycles. The van der Waals surface area contributed by atoms with E-state index < -0.39 is 5.60 Å². The molecule has 1 N–H and O–H groups in total. The topological polar surface area (TPSA) is 20.2 Å². The quantitative estimate of drug-likeness (QED) is 0.762. The van der Waals surface area contributed by atoms with Crippen molar-refractivity contribution in [3.8, 4) is 0 Å². The molecule has 0 heterocycles. The molecule has 0 aliphatic heterocycles. The van der Waals surface area contributed by atoms with Gasteiger partial charge in [0, 0.05) is 0 Å². The molecule has 0 saturated heterocycles. The molecule has 1 atom stereocenters. The molecule has 2 aromatic rings. The second kappa shape index (κ2) is 4.82. The Morgan fingerprint density at radius 2 is 1.84 bits per heavy atom. The molecule has 1 aliphatic rings. The van der Waals surface area contributed by atoms with E-state index in [4.69, 9.17) is 0 Å². The van der Waals surface area contributed by atoms with E-state index in [9.17, 15) is 5.11 Å². The standard InChI is InChI=1S/C18H20O/c1-14-7-6-10-16(13-14)18(19)12-5-4-9-15-8-2-3-11-17(15)18/h2-3,6-8,10-11,13,19H,4-5,9,12H2,1H3. The zero-order valence-corrected chi connectivity index (χ0v) is 11.4. The summed E-state index contributed by atoms with van der Waals surface area (Å²) >= 11 is 0. The van der Waals surface area contributed by atoms with E-state index >= 15 is 0 Å². The summed E-state index contributed by atoms with van der Waals surface area (Å²) in [5, 5.41) is 11.3. The molecule has 1 unspecified atom stereocenters. The molecule has 0 aromatic heterocycles. The molecule has 0 amide bonds. The lowest BCUT2D eigenvalue weighted by molar-refractivity contribution is 0.0704. The van der Waals surface area contributed by atoms with Crippen LogP contribution in [0, 0.1) is 6.92 Å². The Labute approximate surface area is 114 Å². The third-order valence-corrected chi connectivity index (χ3v) is 4.19. The second-order valence-corrected chi connectivity index (χ2v) is 5.59. The summed E-state index contributed by atoms with van der Waals surface area (Å²) in [7, 11) is 0. The number of aliphatic hydroxyl groups is 1. The van der Waals surface area contributed by atoms with Crippen molar-refractivity contribution in [3.05, 3.63) is 70.8 Å². The van der Waals surface area contributed by atoms with Crippen LogP contribution in [0.15, 0.2) is 48.5 Å². The Morgan fingerprint density at radius 3 is 2.68 bits per heavy atom. The Kier molecular flexibility index (Phi) is 3.16. The van der Waals surface area contributed by atoms with Crippen molar-refractivity contribution in [3.63, 3.8) is 0 Å². The highest BCUT2D eigenvalue weighted by molar-refractivity contribution is 5.42. The maximum atomic E-state index is 11.3. The van der Waals surface area contributed by atoms with Crippen LogP contribution in [0.1, 0.15) is 41.5 Å². The third kappa shape index (κ3) is 2.19. The van der Waals surface area contributed by atoms with Gasteiger partial charge in [0.25, 0.3) is 0 Å². The molecular weight excluding hydrogens is 232 g/mol. The highest BCUT2D eigenvalue weighted by atomic mass is 16.3. The monoisotopic (exact) mass is 252 g/mol.